The molecule has 29 heavy (non-hydrogen) atoms. The lowest BCUT2D eigenvalue weighted by molar-refractivity contribution is 0.0450. The minimum atomic E-state index is -0.954. The maximum absolute atomic E-state index is 13.9. The molecule has 3 rings (SSSR count). The fourth-order valence-electron chi connectivity index (χ4n) is 2.17. The Kier molecular flexibility index (Phi) is 10.2. The zero-order valence-corrected chi connectivity index (χ0v) is 17.3. The van der Waals surface area contributed by atoms with E-state index in [9.17, 15) is 9.18 Å². The van der Waals surface area contributed by atoms with Crippen molar-refractivity contribution in [3.8, 4) is 0 Å². The lowest BCUT2D eigenvalue weighted by atomic mass is 10.2. The second-order valence-electron chi connectivity index (χ2n) is 5.65. The minimum Gasteiger partial charge on any atom is -0.394 e. The lowest BCUT2D eigenvalue weighted by Crippen LogP contribution is -2.15. The van der Waals surface area contributed by atoms with Crippen molar-refractivity contribution in [1.82, 2.24) is 4.98 Å². The summed E-state index contributed by atoms with van der Waals surface area (Å²) < 4.78 is 13.9. The molecule has 2 aromatic heterocycles. The number of aliphatic hydroxyl groups is 3. The Hall–Kier alpha value is -2.59. The topological polar surface area (TPSA) is 129 Å². The Morgan fingerprint density at radius 1 is 1.28 bits per heavy atom. The summed E-state index contributed by atoms with van der Waals surface area (Å²) in [6.07, 6.45) is 0.685. The van der Waals surface area contributed by atoms with Gasteiger partial charge in [0.1, 0.15) is 21.8 Å². The van der Waals surface area contributed by atoms with Crippen LogP contribution < -0.4 is 11.1 Å². The molecule has 2 heterocycles. The molecule has 3 aromatic rings. The molecule has 0 bridgehead atoms. The van der Waals surface area contributed by atoms with Crippen molar-refractivity contribution in [2.75, 3.05) is 18.5 Å². The number of hydrogen-bond acceptors (Lipinski definition) is 7. The first-order valence-corrected chi connectivity index (χ1v) is 9.79. The van der Waals surface area contributed by atoms with Crippen LogP contribution in [0, 0.1) is 12.7 Å². The number of fused-ring (bicyclic) bond motifs is 1. The van der Waals surface area contributed by atoms with Crippen molar-refractivity contribution >= 4 is 38.1 Å². The standard InChI is InChI=1S/C15H12FN3OS.C3H8O3.C2H6/c1-8-4-5-11(10(16)7-8)19-15-12(13(17)20)9-3-2-6-18-14(9)21-15;4-1-3(6)2-5;1-2/h2-7,19H,1H3,(H2,17,20);3-6H,1-2H2;1-2H3. The molecule has 0 saturated carbocycles. The fourth-order valence-corrected chi connectivity index (χ4v) is 3.23. The van der Waals surface area contributed by atoms with Crippen molar-refractivity contribution < 1.29 is 24.5 Å². The molecule has 0 atom stereocenters. The number of hydrogen-bond donors (Lipinski definition) is 5. The number of nitrogens with two attached hydrogens (primary N) is 1. The van der Waals surface area contributed by atoms with Gasteiger partial charge in [-0.3, -0.25) is 4.79 Å². The summed E-state index contributed by atoms with van der Waals surface area (Å²) in [5.41, 5.74) is 6.91. The molecule has 0 fully saturated rings. The van der Waals surface area contributed by atoms with Gasteiger partial charge in [0, 0.05) is 11.6 Å². The Morgan fingerprint density at radius 2 is 1.93 bits per heavy atom. The number of pyridine rings is 1. The summed E-state index contributed by atoms with van der Waals surface area (Å²) in [6, 6.07) is 8.36. The molecule has 1 amide bonds. The second kappa shape index (κ2) is 12.1. The number of primary amides is 1. The van der Waals surface area contributed by atoms with E-state index in [0.717, 1.165) is 5.56 Å². The van der Waals surface area contributed by atoms with Gasteiger partial charge in [-0.15, -0.1) is 0 Å². The average molecular weight is 424 g/mol. The summed E-state index contributed by atoms with van der Waals surface area (Å²) in [5.74, 6) is -0.944. The van der Waals surface area contributed by atoms with Gasteiger partial charge in [0.2, 0.25) is 0 Å². The summed E-state index contributed by atoms with van der Waals surface area (Å²) in [4.78, 5) is 16.6. The highest BCUT2D eigenvalue weighted by Crippen LogP contribution is 2.36. The van der Waals surface area contributed by atoms with E-state index in [1.54, 1.807) is 30.5 Å². The molecular formula is C20H26FN3O4S. The van der Waals surface area contributed by atoms with Crippen molar-refractivity contribution in [2.45, 2.75) is 26.9 Å². The number of benzene rings is 1. The maximum Gasteiger partial charge on any atom is 0.252 e. The van der Waals surface area contributed by atoms with Crippen LogP contribution in [0.1, 0.15) is 29.8 Å². The third-order valence-corrected chi connectivity index (χ3v) is 4.54. The number of halogens is 1. The van der Waals surface area contributed by atoms with Crippen LogP contribution in [0.2, 0.25) is 0 Å². The average Bonchev–Trinajstić information content (AvgIpc) is 3.09. The van der Waals surface area contributed by atoms with Crippen LogP contribution >= 0.6 is 11.3 Å². The quantitative estimate of drug-likeness (QED) is 0.429. The number of nitrogens with zero attached hydrogens (tertiary/aromatic N) is 1. The van der Waals surface area contributed by atoms with E-state index in [2.05, 4.69) is 10.3 Å². The Bertz CT molecular complexity index is 929. The SMILES string of the molecule is CC.Cc1ccc(Nc2sc3ncccc3c2C(N)=O)c(F)c1.OCC(O)CO. The normalized spacial score (nSPS) is 10.1. The Labute approximate surface area is 172 Å². The van der Waals surface area contributed by atoms with Gasteiger partial charge < -0.3 is 26.4 Å². The number of thiophene rings is 1. The largest absolute Gasteiger partial charge is 0.394 e. The molecule has 0 aliphatic carbocycles. The molecule has 9 heteroatoms. The van der Waals surface area contributed by atoms with Crippen LogP contribution in [0.4, 0.5) is 15.1 Å². The molecule has 0 radical (unpaired) electrons. The molecule has 158 valence electrons. The van der Waals surface area contributed by atoms with E-state index in [1.165, 1.54) is 17.4 Å². The molecule has 0 aliphatic rings. The second-order valence-corrected chi connectivity index (χ2v) is 6.65. The van der Waals surface area contributed by atoms with Crippen LogP contribution in [0.15, 0.2) is 36.5 Å². The van der Waals surface area contributed by atoms with Crippen LogP contribution in [0.3, 0.4) is 0 Å². The first kappa shape index (κ1) is 24.4. The van der Waals surface area contributed by atoms with Gasteiger partial charge >= 0.3 is 0 Å². The highest BCUT2D eigenvalue weighted by molar-refractivity contribution is 7.23. The summed E-state index contributed by atoms with van der Waals surface area (Å²) in [7, 11) is 0. The van der Waals surface area contributed by atoms with E-state index in [1.807, 2.05) is 20.8 Å². The summed E-state index contributed by atoms with van der Waals surface area (Å²) >= 11 is 1.27. The van der Waals surface area contributed by atoms with Crippen LogP contribution in [0.25, 0.3) is 10.2 Å². The predicted octanol–water partition coefficient (Wildman–Crippen LogP) is 2.94. The zero-order valence-electron chi connectivity index (χ0n) is 16.5. The zero-order chi connectivity index (χ0) is 22.0. The van der Waals surface area contributed by atoms with E-state index >= 15 is 0 Å². The van der Waals surface area contributed by atoms with Crippen LogP contribution in [-0.2, 0) is 0 Å². The van der Waals surface area contributed by atoms with Gasteiger partial charge in [0.05, 0.1) is 24.5 Å². The van der Waals surface area contributed by atoms with Crippen molar-refractivity contribution in [3.63, 3.8) is 0 Å². The first-order chi connectivity index (χ1) is 13.9. The van der Waals surface area contributed by atoms with Gasteiger partial charge in [-0.2, -0.15) is 0 Å². The molecule has 0 unspecified atom stereocenters. The van der Waals surface area contributed by atoms with Gasteiger partial charge in [-0.25, -0.2) is 9.37 Å². The van der Waals surface area contributed by atoms with Crippen LogP contribution in [0.5, 0.6) is 0 Å². The maximum atomic E-state index is 13.9. The molecule has 6 N–H and O–H groups in total. The van der Waals surface area contributed by atoms with E-state index < -0.39 is 12.0 Å². The van der Waals surface area contributed by atoms with E-state index in [4.69, 9.17) is 21.1 Å². The van der Waals surface area contributed by atoms with Crippen LogP contribution in [-0.4, -0.2) is 45.5 Å². The van der Waals surface area contributed by atoms with E-state index in [0.29, 0.717) is 26.5 Å². The molecular weight excluding hydrogens is 397 g/mol. The number of carbonyl (C=O) groups excluding carboxylic acids is 1. The molecule has 7 nitrogen and oxygen atoms in total. The molecule has 1 aromatic carbocycles. The van der Waals surface area contributed by atoms with E-state index in [-0.39, 0.29) is 19.0 Å². The smallest absolute Gasteiger partial charge is 0.252 e. The number of nitrogens with one attached hydrogen (secondary N) is 1. The minimum absolute atomic E-state index is 0.301. The third-order valence-electron chi connectivity index (χ3n) is 3.51. The number of aryl methyl sites for hydroxylation is 1. The fraction of sp³-hybridized carbons (Fsp3) is 0.300. The third kappa shape index (κ3) is 6.75. The predicted molar refractivity (Wildman–Crippen MR) is 114 cm³/mol. The first-order valence-electron chi connectivity index (χ1n) is 8.97. The number of aromatic nitrogens is 1. The van der Waals surface area contributed by atoms with Gasteiger partial charge in [-0.05, 0) is 36.8 Å². The lowest BCUT2D eigenvalue weighted by Gasteiger charge is -2.07. The number of carbonyl (C=O) groups is 1. The Morgan fingerprint density at radius 3 is 2.45 bits per heavy atom. The van der Waals surface area contributed by atoms with Crippen molar-refractivity contribution in [3.05, 3.63) is 53.5 Å². The summed E-state index contributed by atoms with van der Waals surface area (Å²) in [5, 5.41) is 28.1. The highest BCUT2D eigenvalue weighted by Gasteiger charge is 2.18. The van der Waals surface area contributed by atoms with Gasteiger partial charge in [0.25, 0.3) is 5.91 Å². The number of aliphatic hydroxyl groups excluding tert-OH is 3. The number of amides is 1. The number of anilines is 2. The van der Waals surface area contributed by atoms with Gasteiger partial charge in [-0.1, -0.05) is 31.3 Å². The molecule has 0 saturated heterocycles. The Balaban J connectivity index is 0.000000454. The summed E-state index contributed by atoms with van der Waals surface area (Å²) in [6.45, 7) is 5.08. The monoisotopic (exact) mass is 423 g/mol. The number of rotatable bonds is 5. The van der Waals surface area contributed by atoms with Crippen molar-refractivity contribution in [1.29, 1.82) is 0 Å². The molecule has 0 spiro atoms. The van der Waals surface area contributed by atoms with Crippen molar-refractivity contribution in [2.24, 2.45) is 5.73 Å². The van der Waals surface area contributed by atoms with Gasteiger partial charge in [0.15, 0.2) is 0 Å². The molecule has 0 aliphatic heterocycles. The highest BCUT2D eigenvalue weighted by atomic mass is 32.1.